The van der Waals surface area contributed by atoms with Crippen LogP contribution in [0.5, 0.6) is 0 Å². The topological polar surface area (TPSA) is 68.0 Å². The summed E-state index contributed by atoms with van der Waals surface area (Å²) < 4.78 is 5.42. The molecule has 0 radical (unpaired) electrons. The summed E-state index contributed by atoms with van der Waals surface area (Å²) in [5.74, 6) is 1.56. The molecule has 1 heterocycles. The summed E-state index contributed by atoms with van der Waals surface area (Å²) >= 11 is 2.89. The summed E-state index contributed by atoms with van der Waals surface area (Å²) in [5.41, 5.74) is 1.29. The van der Waals surface area contributed by atoms with E-state index in [1.807, 2.05) is 31.4 Å². The number of thioether (sulfide) groups is 2. The summed E-state index contributed by atoms with van der Waals surface area (Å²) in [4.78, 5) is 11.9. The van der Waals surface area contributed by atoms with E-state index >= 15 is 0 Å². The average Bonchev–Trinajstić information content (AvgIpc) is 3.00. The van der Waals surface area contributed by atoms with Gasteiger partial charge in [0.25, 0.3) is 5.22 Å². The molecular weight excluding hydrogens is 330 g/mol. The molecule has 0 bridgehead atoms. The number of carbonyl (C=O) groups excluding carboxylic acids is 1. The Kier molecular flexibility index (Phi) is 7.48. The molecular formula is C16H21N3O2S2. The molecule has 7 heteroatoms. The molecule has 0 saturated carbocycles. The first-order chi connectivity index (χ1) is 11.2. The van der Waals surface area contributed by atoms with Gasteiger partial charge in [-0.1, -0.05) is 42.1 Å². The molecule has 0 fully saturated rings. The summed E-state index contributed by atoms with van der Waals surface area (Å²) in [7, 11) is 0. The van der Waals surface area contributed by atoms with Gasteiger partial charge in [-0.05, 0) is 31.6 Å². The SMILES string of the molecule is CSCc1nnc(SCC(=O)NC(C)CCc2ccccc2)o1. The Morgan fingerprint density at radius 2 is 2.09 bits per heavy atom. The van der Waals surface area contributed by atoms with Gasteiger partial charge in [0, 0.05) is 6.04 Å². The number of aromatic nitrogens is 2. The van der Waals surface area contributed by atoms with Crippen molar-refractivity contribution in [2.24, 2.45) is 0 Å². The van der Waals surface area contributed by atoms with Crippen molar-refractivity contribution in [2.45, 2.75) is 36.8 Å². The number of nitrogens with zero attached hydrogens (tertiary/aromatic N) is 2. The number of hydrogen-bond donors (Lipinski definition) is 1. The quantitative estimate of drug-likeness (QED) is 0.700. The van der Waals surface area contributed by atoms with Gasteiger partial charge in [-0.2, -0.15) is 11.8 Å². The molecule has 0 spiro atoms. The maximum Gasteiger partial charge on any atom is 0.277 e. The second-order valence-corrected chi connectivity index (χ2v) is 6.97. The van der Waals surface area contributed by atoms with Gasteiger partial charge in [-0.15, -0.1) is 10.2 Å². The summed E-state index contributed by atoms with van der Waals surface area (Å²) in [5, 5.41) is 11.3. The predicted molar refractivity (Wildman–Crippen MR) is 94.6 cm³/mol. The van der Waals surface area contributed by atoms with Crippen molar-refractivity contribution in [2.75, 3.05) is 12.0 Å². The molecule has 2 aromatic rings. The average molecular weight is 351 g/mol. The van der Waals surface area contributed by atoms with Crippen LogP contribution >= 0.6 is 23.5 Å². The first-order valence-corrected chi connectivity index (χ1v) is 9.82. The van der Waals surface area contributed by atoms with Gasteiger partial charge in [-0.25, -0.2) is 0 Å². The molecule has 124 valence electrons. The van der Waals surface area contributed by atoms with Crippen molar-refractivity contribution in [3.63, 3.8) is 0 Å². The number of carbonyl (C=O) groups is 1. The first-order valence-electron chi connectivity index (χ1n) is 7.44. The van der Waals surface area contributed by atoms with E-state index in [-0.39, 0.29) is 17.7 Å². The number of hydrogen-bond acceptors (Lipinski definition) is 6. The monoisotopic (exact) mass is 351 g/mol. The molecule has 1 atom stereocenters. The van der Waals surface area contributed by atoms with Gasteiger partial charge < -0.3 is 9.73 Å². The zero-order valence-corrected chi connectivity index (χ0v) is 15.0. The fraction of sp³-hybridized carbons (Fsp3) is 0.438. The Balaban J connectivity index is 1.67. The number of aryl methyl sites for hydroxylation is 1. The van der Waals surface area contributed by atoms with Crippen LogP contribution in [0.2, 0.25) is 0 Å². The Labute approximate surface area is 145 Å². The Bertz CT molecular complexity index is 604. The largest absolute Gasteiger partial charge is 0.415 e. The van der Waals surface area contributed by atoms with Crippen LogP contribution in [0.3, 0.4) is 0 Å². The van der Waals surface area contributed by atoms with E-state index in [0.29, 0.717) is 16.9 Å². The molecule has 5 nitrogen and oxygen atoms in total. The molecule has 1 aromatic carbocycles. The van der Waals surface area contributed by atoms with Gasteiger partial charge in [0.05, 0.1) is 11.5 Å². The van der Waals surface area contributed by atoms with Gasteiger partial charge in [0.1, 0.15) is 0 Å². The van der Waals surface area contributed by atoms with Crippen LogP contribution in [0.1, 0.15) is 24.8 Å². The number of amides is 1. The number of benzene rings is 1. The van der Waals surface area contributed by atoms with Crippen LogP contribution in [0.4, 0.5) is 0 Å². The highest BCUT2D eigenvalue weighted by atomic mass is 32.2. The molecule has 0 aliphatic rings. The first kappa shape index (κ1) is 17.9. The highest BCUT2D eigenvalue weighted by molar-refractivity contribution is 7.99. The molecule has 1 amide bonds. The van der Waals surface area contributed by atoms with E-state index in [4.69, 9.17) is 4.42 Å². The molecule has 0 aliphatic carbocycles. The van der Waals surface area contributed by atoms with E-state index in [0.717, 1.165) is 12.8 Å². The molecule has 0 saturated heterocycles. The van der Waals surface area contributed by atoms with Crippen molar-refractivity contribution in [3.05, 3.63) is 41.8 Å². The lowest BCUT2D eigenvalue weighted by Crippen LogP contribution is -2.34. The van der Waals surface area contributed by atoms with E-state index in [1.165, 1.54) is 17.3 Å². The van der Waals surface area contributed by atoms with Gasteiger partial charge in [-0.3, -0.25) is 4.79 Å². The second-order valence-electron chi connectivity index (χ2n) is 5.18. The lowest BCUT2D eigenvalue weighted by molar-refractivity contribution is -0.119. The molecule has 1 aromatic heterocycles. The third kappa shape index (κ3) is 6.66. The highest BCUT2D eigenvalue weighted by Gasteiger charge is 2.11. The normalized spacial score (nSPS) is 12.1. The zero-order chi connectivity index (χ0) is 16.5. The molecule has 23 heavy (non-hydrogen) atoms. The van der Waals surface area contributed by atoms with Gasteiger partial charge in [0.15, 0.2) is 0 Å². The molecule has 1 unspecified atom stereocenters. The van der Waals surface area contributed by atoms with E-state index in [1.54, 1.807) is 11.8 Å². The maximum atomic E-state index is 11.9. The van der Waals surface area contributed by atoms with Crippen LogP contribution in [-0.2, 0) is 17.0 Å². The van der Waals surface area contributed by atoms with E-state index in [9.17, 15) is 4.79 Å². The zero-order valence-electron chi connectivity index (χ0n) is 13.3. The molecule has 0 aliphatic heterocycles. The maximum absolute atomic E-state index is 11.9. The van der Waals surface area contributed by atoms with Crippen molar-refractivity contribution >= 4 is 29.4 Å². The molecule has 1 N–H and O–H groups in total. The van der Waals surface area contributed by atoms with Gasteiger partial charge in [0.2, 0.25) is 11.8 Å². The molecule has 2 rings (SSSR count). The number of rotatable bonds is 9. The van der Waals surface area contributed by atoms with Gasteiger partial charge >= 0.3 is 0 Å². The highest BCUT2D eigenvalue weighted by Crippen LogP contribution is 2.17. The van der Waals surface area contributed by atoms with Crippen LogP contribution in [-0.4, -0.2) is 34.2 Å². The van der Waals surface area contributed by atoms with Crippen LogP contribution in [0, 0.1) is 0 Å². The Hall–Kier alpha value is -1.47. The Morgan fingerprint density at radius 1 is 1.30 bits per heavy atom. The van der Waals surface area contributed by atoms with E-state index < -0.39 is 0 Å². The third-order valence-corrected chi connectivity index (χ3v) is 4.51. The van der Waals surface area contributed by atoms with E-state index in [2.05, 4.69) is 27.6 Å². The summed E-state index contributed by atoms with van der Waals surface area (Å²) in [6.07, 6.45) is 3.84. The second kappa shape index (κ2) is 9.62. The number of nitrogens with one attached hydrogen (secondary N) is 1. The lowest BCUT2D eigenvalue weighted by atomic mass is 10.1. The van der Waals surface area contributed by atoms with Crippen molar-refractivity contribution in [3.8, 4) is 0 Å². The van der Waals surface area contributed by atoms with Crippen LogP contribution in [0.25, 0.3) is 0 Å². The standard InChI is InChI=1S/C16H21N3O2S2/c1-12(8-9-13-6-4-3-5-7-13)17-14(20)10-23-16-19-18-15(21-16)11-22-2/h3-7,12H,8-11H2,1-2H3,(H,17,20). The third-order valence-electron chi connectivity index (χ3n) is 3.16. The van der Waals surface area contributed by atoms with Crippen LogP contribution < -0.4 is 5.32 Å². The van der Waals surface area contributed by atoms with Crippen molar-refractivity contribution in [1.82, 2.24) is 15.5 Å². The minimum Gasteiger partial charge on any atom is -0.415 e. The Morgan fingerprint density at radius 3 is 2.83 bits per heavy atom. The summed E-state index contributed by atoms with van der Waals surface area (Å²) in [6, 6.07) is 10.4. The van der Waals surface area contributed by atoms with Crippen molar-refractivity contribution < 1.29 is 9.21 Å². The van der Waals surface area contributed by atoms with Crippen LogP contribution in [0.15, 0.2) is 40.0 Å². The fourth-order valence-electron chi connectivity index (χ4n) is 2.02. The minimum atomic E-state index is -0.0137. The lowest BCUT2D eigenvalue weighted by Gasteiger charge is -2.13. The fourth-order valence-corrected chi connectivity index (χ4v) is 2.98. The van der Waals surface area contributed by atoms with Crippen molar-refractivity contribution in [1.29, 1.82) is 0 Å². The predicted octanol–water partition coefficient (Wildman–Crippen LogP) is 3.16. The smallest absolute Gasteiger partial charge is 0.277 e. The summed E-state index contributed by atoms with van der Waals surface area (Å²) in [6.45, 7) is 2.02. The minimum absolute atomic E-state index is 0.0137.